The molecule has 0 aliphatic heterocycles. The number of furan rings is 1. The van der Waals surface area contributed by atoms with Gasteiger partial charge in [-0.05, 0) is 19.4 Å². The van der Waals surface area contributed by atoms with E-state index in [-0.39, 0.29) is 11.9 Å². The zero-order valence-corrected chi connectivity index (χ0v) is 9.25. The Kier molecular flexibility index (Phi) is 4.90. The van der Waals surface area contributed by atoms with Crippen LogP contribution in [0.2, 0.25) is 0 Å². The Morgan fingerprint density at radius 1 is 1.60 bits per heavy atom. The normalized spacial score (nSPS) is 12.4. The lowest BCUT2D eigenvalue weighted by molar-refractivity contribution is -0.120. The SMILES string of the molecule is CCC(C)NC(=O)CNCc1ccoc1. The zero-order valence-electron chi connectivity index (χ0n) is 9.25. The van der Waals surface area contributed by atoms with Crippen LogP contribution in [0.5, 0.6) is 0 Å². The van der Waals surface area contributed by atoms with Crippen molar-refractivity contribution in [2.24, 2.45) is 0 Å². The third-order valence-electron chi connectivity index (χ3n) is 2.21. The van der Waals surface area contributed by atoms with Gasteiger partial charge in [-0.3, -0.25) is 4.79 Å². The van der Waals surface area contributed by atoms with E-state index in [2.05, 4.69) is 10.6 Å². The van der Waals surface area contributed by atoms with Crippen LogP contribution >= 0.6 is 0 Å². The summed E-state index contributed by atoms with van der Waals surface area (Å²) in [5.41, 5.74) is 1.05. The van der Waals surface area contributed by atoms with E-state index >= 15 is 0 Å². The van der Waals surface area contributed by atoms with Gasteiger partial charge in [-0.15, -0.1) is 0 Å². The molecule has 84 valence electrons. The van der Waals surface area contributed by atoms with Gasteiger partial charge in [0, 0.05) is 18.2 Å². The molecule has 0 aliphatic rings. The van der Waals surface area contributed by atoms with Gasteiger partial charge in [-0.2, -0.15) is 0 Å². The number of hydrogen-bond donors (Lipinski definition) is 2. The van der Waals surface area contributed by atoms with E-state index in [0.717, 1.165) is 12.0 Å². The number of carbonyl (C=O) groups is 1. The van der Waals surface area contributed by atoms with Crippen LogP contribution in [0.15, 0.2) is 23.0 Å². The van der Waals surface area contributed by atoms with Crippen LogP contribution in [0, 0.1) is 0 Å². The summed E-state index contributed by atoms with van der Waals surface area (Å²) in [6, 6.07) is 2.12. The molecule has 1 atom stereocenters. The summed E-state index contributed by atoms with van der Waals surface area (Å²) in [6.45, 7) is 5.04. The van der Waals surface area contributed by atoms with Crippen molar-refractivity contribution >= 4 is 5.91 Å². The fraction of sp³-hybridized carbons (Fsp3) is 0.545. The van der Waals surface area contributed by atoms with Crippen molar-refractivity contribution in [1.82, 2.24) is 10.6 Å². The zero-order chi connectivity index (χ0) is 11.1. The predicted molar refractivity (Wildman–Crippen MR) is 58.3 cm³/mol. The molecule has 4 heteroatoms. The van der Waals surface area contributed by atoms with Gasteiger partial charge in [0.05, 0.1) is 19.1 Å². The lowest BCUT2D eigenvalue weighted by Gasteiger charge is -2.11. The Bertz CT molecular complexity index is 283. The van der Waals surface area contributed by atoms with Crippen molar-refractivity contribution in [2.45, 2.75) is 32.9 Å². The van der Waals surface area contributed by atoms with Crippen molar-refractivity contribution in [3.63, 3.8) is 0 Å². The quantitative estimate of drug-likeness (QED) is 0.743. The molecule has 2 N–H and O–H groups in total. The Labute approximate surface area is 90.0 Å². The van der Waals surface area contributed by atoms with E-state index in [1.807, 2.05) is 19.9 Å². The highest BCUT2D eigenvalue weighted by atomic mass is 16.3. The van der Waals surface area contributed by atoms with Crippen molar-refractivity contribution in [3.8, 4) is 0 Å². The van der Waals surface area contributed by atoms with Gasteiger partial charge in [-0.25, -0.2) is 0 Å². The number of hydrogen-bond acceptors (Lipinski definition) is 3. The maximum absolute atomic E-state index is 11.3. The third-order valence-corrected chi connectivity index (χ3v) is 2.21. The molecule has 0 radical (unpaired) electrons. The monoisotopic (exact) mass is 210 g/mol. The average molecular weight is 210 g/mol. The molecule has 15 heavy (non-hydrogen) atoms. The largest absolute Gasteiger partial charge is 0.472 e. The standard InChI is InChI=1S/C11H18N2O2/c1-3-9(2)13-11(14)7-12-6-10-4-5-15-8-10/h4-5,8-9,12H,3,6-7H2,1-2H3,(H,13,14). The van der Waals surface area contributed by atoms with E-state index in [9.17, 15) is 4.79 Å². The lowest BCUT2D eigenvalue weighted by Crippen LogP contribution is -2.38. The van der Waals surface area contributed by atoms with E-state index in [4.69, 9.17) is 4.42 Å². The second kappa shape index (κ2) is 6.24. The smallest absolute Gasteiger partial charge is 0.234 e. The van der Waals surface area contributed by atoms with Gasteiger partial charge in [0.15, 0.2) is 0 Å². The van der Waals surface area contributed by atoms with Crippen molar-refractivity contribution in [1.29, 1.82) is 0 Å². The van der Waals surface area contributed by atoms with Gasteiger partial charge < -0.3 is 15.1 Å². The van der Waals surface area contributed by atoms with E-state index < -0.39 is 0 Å². The van der Waals surface area contributed by atoms with E-state index in [0.29, 0.717) is 13.1 Å². The number of carbonyl (C=O) groups excluding carboxylic acids is 1. The number of rotatable bonds is 6. The number of amides is 1. The molecule has 1 amide bonds. The Hall–Kier alpha value is -1.29. The fourth-order valence-corrected chi connectivity index (χ4v) is 1.14. The highest BCUT2D eigenvalue weighted by Gasteiger charge is 2.04. The second-order valence-corrected chi connectivity index (χ2v) is 3.61. The van der Waals surface area contributed by atoms with Gasteiger partial charge >= 0.3 is 0 Å². The van der Waals surface area contributed by atoms with Crippen LogP contribution in [-0.2, 0) is 11.3 Å². The summed E-state index contributed by atoms with van der Waals surface area (Å²) in [5, 5.41) is 5.93. The second-order valence-electron chi connectivity index (χ2n) is 3.61. The summed E-state index contributed by atoms with van der Waals surface area (Å²) >= 11 is 0. The summed E-state index contributed by atoms with van der Waals surface area (Å²) in [7, 11) is 0. The molecule has 1 aromatic heterocycles. The van der Waals surface area contributed by atoms with Crippen LogP contribution in [-0.4, -0.2) is 18.5 Å². The molecule has 1 unspecified atom stereocenters. The summed E-state index contributed by atoms with van der Waals surface area (Å²) < 4.78 is 4.91. The van der Waals surface area contributed by atoms with E-state index in [1.165, 1.54) is 0 Å². The van der Waals surface area contributed by atoms with Crippen LogP contribution in [0.1, 0.15) is 25.8 Å². The van der Waals surface area contributed by atoms with Gasteiger partial charge in [0.25, 0.3) is 0 Å². The fourth-order valence-electron chi connectivity index (χ4n) is 1.14. The van der Waals surface area contributed by atoms with Gasteiger partial charge in [-0.1, -0.05) is 6.92 Å². The molecular formula is C11H18N2O2. The molecule has 0 saturated heterocycles. The highest BCUT2D eigenvalue weighted by Crippen LogP contribution is 1.97. The van der Waals surface area contributed by atoms with Crippen LogP contribution in [0.4, 0.5) is 0 Å². The summed E-state index contributed by atoms with van der Waals surface area (Å²) in [5.74, 6) is 0.0350. The highest BCUT2D eigenvalue weighted by molar-refractivity contribution is 5.78. The molecule has 4 nitrogen and oxygen atoms in total. The minimum atomic E-state index is 0.0350. The van der Waals surface area contributed by atoms with Gasteiger partial charge in [0.2, 0.25) is 5.91 Å². The molecule has 0 spiro atoms. The van der Waals surface area contributed by atoms with Crippen molar-refractivity contribution < 1.29 is 9.21 Å². The van der Waals surface area contributed by atoms with E-state index in [1.54, 1.807) is 12.5 Å². The molecular weight excluding hydrogens is 192 g/mol. The first-order valence-corrected chi connectivity index (χ1v) is 5.23. The summed E-state index contributed by atoms with van der Waals surface area (Å²) in [4.78, 5) is 11.3. The molecule has 1 rings (SSSR count). The first-order chi connectivity index (χ1) is 7.22. The lowest BCUT2D eigenvalue weighted by atomic mass is 10.2. The maximum Gasteiger partial charge on any atom is 0.234 e. The Morgan fingerprint density at radius 3 is 3.00 bits per heavy atom. The van der Waals surface area contributed by atoms with Crippen LogP contribution < -0.4 is 10.6 Å². The molecule has 0 aliphatic carbocycles. The minimum Gasteiger partial charge on any atom is -0.472 e. The molecule has 0 bridgehead atoms. The first-order valence-electron chi connectivity index (χ1n) is 5.23. The average Bonchev–Trinajstić information content (AvgIpc) is 2.70. The van der Waals surface area contributed by atoms with Crippen molar-refractivity contribution in [3.05, 3.63) is 24.2 Å². The Balaban J connectivity index is 2.12. The summed E-state index contributed by atoms with van der Waals surface area (Å²) in [6.07, 6.45) is 4.24. The Morgan fingerprint density at radius 2 is 2.40 bits per heavy atom. The van der Waals surface area contributed by atoms with Crippen LogP contribution in [0.25, 0.3) is 0 Å². The minimum absolute atomic E-state index is 0.0350. The van der Waals surface area contributed by atoms with Crippen molar-refractivity contribution in [2.75, 3.05) is 6.54 Å². The molecule has 0 fully saturated rings. The maximum atomic E-state index is 11.3. The predicted octanol–water partition coefficient (Wildman–Crippen LogP) is 1.28. The molecule has 0 aromatic carbocycles. The molecule has 1 heterocycles. The first kappa shape index (κ1) is 11.8. The molecule has 1 aromatic rings. The third kappa shape index (κ3) is 4.65. The van der Waals surface area contributed by atoms with Gasteiger partial charge in [0.1, 0.15) is 0 Å². The molecule has 0 saturated carbocycles. The topological polar surface area (TPSA) is 54.3 Å². The number of nitrogens with one attached hydrogen (secondary N) is 2. The van der Waals surface area contributed by atoms with Crippen LogP contribution in [0.3, 0.4) is 0 Å².